The van der Waals surface area contributed by atoms with Gasteiger partial charge >= 0.3 is 0 Å². The molecule has 0 amide bonds. The topological polar surface area (TPSA) is 57.0 Å². The maximum absolute atomic E-state index is 6.15. The molecule has 2 N–H and O–H groups in total. The highest BCUT2D eigenvalue weighted by atomic mass is 16.7. The monoisotopic (exact) mass is 264 g/mol. The van der Waals surface area contributed by atoms with E-state index in [2.05, 4.69) is 11.9 Å². The highest BCUT2D eigenvalue weighted by molar-refractivity contribution is 5.66. The average molecular weight is 264 g/mol. The van der Waals surface area contributed by atoms with Crippen molar-refractivity contribution in [2.24, 2.45) is 5.73 Å². The first-order valence-corrected chi connectivity index (χ1v) is 6.58. The number of hydrogen-bond acceptors (Lipinski definition) is 5. The van der Waals surface area contributed by atoms with Crippen LogP contribution in [-0.4, -0.2) is 32.4 Å². The van der Waals surface area contributed by atoms with Crippen molar-refractivity contribution < 1.29 is 14.2 Å². The highest BCUT2D eigenvalue weighted by Gasteiger charge is 2.33. The number of fused-ring (bicyclic) bond motifs is 2. The van der Waals surface area contributed by atoms with Crippen LogP contribution in [0.25, 0.3) is 0 Å². The van der Waals surface area contributed by atoms with Gasteiger partial charge in [0.25, 0.3) is 0 Å². The molecular weight excluding hydrogens is 244 g/mol. The first-order valence-electron chi connectivity index (χ1n) is 6.58. The van der Waals surface area contributed by atoms with Crippen molar-refractivity contribution in [3.8, 4) is 17.2 Å². The summed E-state index contributed by atoms with van der Waals surface area (Å²) in [6.07, 6.45) is 0.968. The molecule has 19 heavy (non-hydrogen) atoms. The predicted molar refractivity (Wildman–Crippen MR) is 71.8 cm³/mol. The Kier molecular flexibility index (Phi) is 3.03. The van der Waals surface area contributed by atoms with Crippen LogP contribution in [-0.2, 0) is 13.0 Å². The SMILES string of the molecule is COc1c2c(c(C(C)N)c3c1OCO3)CCN(C)C2. The van der Waals surface area contributed by atoms with E-state index in [0.717, 1.165) is 36.6 Å². The predicted octanol–water partition coefficient (Wildman–Crippen LogP) is 1.43. The van der Waals surface area contributed by atoms with Crippen molar-refractivity contribution in [1.82, 2.24) is 4.90 Å². The number of likely N-dealkylation sites (N-methyl/N-ethyl adjacent to an activating group) is 1. The molecule has 0 fully saturated rings. The number of nitrogens with two attached hydrogens (primary N) is 1. The van der Waals surface area contributed by atoms with Gasteiger partial charge in [-0.2, -0.15) is 0 Å². The van der Waals surface area contributed by atoms with E-state index in [0.29, 0.717) is 5.75 Å². The van der Waals surface area contributed by atoms with Crippen LogP contribution in [0.4, 0.5) is 0 Å². The summed E-state index contributed by atoms with van der Waals surface area (Å²) in [5.41, 5.74) is 9.69. The van der Waals surface area contributed by atoms with Crippen LogP contribution in [0.2, 0.25) is 0 Å². The normalized spacial score (nSPS) is 19.2. The molecule has 0 bridgehead atoms. The van der Waals surface area contributed by atoms with Gasteiger partial charge in [-0.1, -0.05) is 0 Å². The fourth-order valence-electron chi connectivity index (χ4n) is 3.02. The Morgan fingerprint density at radius 2 is 2.00 bits per heavy atom. The third kappa shape index (κ3) is 1.84. The minimum atomic E-state index is -0.0708. The van der Waals surface area contributed by atoms with E-state index in [1.165, 1.54) is 11.1 Å². The van der Waals surface area contributed by atoms with Crippen LogP contribution in [0.3, 0.4) is 0 Å². The van der Waals surface area contributed by atoms with Gasteiger partial charge in [-0.3, -0.25) is 0 Å². The Morgan fingerprint density at radius 1 is 1.26 bits per heavy atom. The summed E-state index contributed by atoms with van der Waals surface area (Å²) in [6.45, 7) is 4.11. The second-order valence-corrected chi connectivity index (χ2v) is 5.25. The van der Waals surface area contributed by atoms with Crippen LogP contribution < -0.4 is 19.9 Å². The van der Waals surface area contributed by atoms with Gasteiger partial charge in [-0.15, -0.1) is 0 Å². The van der Waals surface area contributed by atoms with Gasteiger partial charge in [0, 0.05) is 30.3 Å². The lowest BCUT2D eigenvalue weighted by Gasteiger charge is -2.30. The van der Waals surface area contributed by atoms with Gasteiger partial charge in [-0.25, -0.2) is 0 Å². The summed E-state index contributed by atoms with van der Waals surface area (Å²) < 4.78 is 16.8. The smallest absolute Gasteiger partial charge is 0.231 e. The van der Waals surface area contributed by atoms with Crippen molar-refractivity contribution in [1.29, 1.82) is 0 Å². The molecule has 3 rings (SSSR count). The molecule has 2 aliphatic heterocycles. The highest BCUT2D eigenvalue weighted by Crippen LogP contribution is 2.50. The van der Waals surface area contributed by atoms with Crippen molar-refractivity contribution in [2.45, 2.75) is 25.9 Å². The molecule has 0 aliphatic carbocycles. The molecular formula is C14H20N2O3. The molecule has 2 aliphatic rings. The van der Waals surface area contributed by atoms with Crippen LogP contribution >= 0.6 is 0 Å². The molecule has 1 aromatic carbocycles. The van der Waals surface area contributed by atoms with E-state index in [1.807, 2.05) is 6.92 Å². The zero-order valence-corrected chi connectivity index (χ0v) is 11.7. The quantitative estimate of drug-likeness (QED) is 0.875. The first-order chi connectivity index (χ1) is 9.13. The van der Waals surface area contributed by atoms with Crippen LogP contribution in [0.5, 0.6) is 17.2 Å². The molecule has 104 valence electrons. The molecule has 1 unspecified atom stereocenters. The second-order valence-electron chi connectivity index (χ2n) is 5.25. The van der Waals surface area contributed by atoms with Crippen molar-refractivity contribution in [3.63, 3.8) is 0 Å². The first kappa shape index (κ1) is 12.6. The van der Waals surface area contributed by atoms with E-state index in [4.69, 9.17) is 19.9 Å². The van der Waals surface area contributed by atoms with Gasteiger partial charge in [0.15, 0.2) is 11.5 Å². The lowest BCUT2D eigenvalue weighted by molar-refractivity contribution is 0.170. The minimum Gasteiger partial charge on any atom is -0.492 e. The molecule has 0 aromatic heterocycles. The van der Waals surface area contributed by atoms with Crippen molar-refractivity contribution in [2.75, 3.05) is 27.5 Å². The van der Waals surface area contributed by atoms with Crippen molar-refractivity contribution >= 4 is 0 Å². The van der Waals surface area contributed by atoms with E-state index in [1.54, 1.807) is 7.11 Å². The van der Waals surface area contributed by atoms with Gasteiger partial charge in [0.2, 0.25) is 12.5 Å². The summed E-state index contributed by atoms with van der Waals surface area (Å²) >= 11 is 0. The lowest BCUT2D eigenvalue weighted by Crippen LogP contribution is -2.29. The van der Waals surface area contributed by atoms with E-state index in [-0.39, 0.29) is 12.8 Å². The van der Waals surface area contributed by atoms with E-state index >= 15 is 0 Å². The molecule has 0 radical (unpaired) electrons. The minimum absolute atomic E-state index is 0.0708. The van der Waals surface area contributed by atoms with Crippen LogP contribution in [0, 0.1) is 0 Å². The Hall–Kier alpha value is -1.46. The Labute approximate surface area is 113 Å². The Balaban J connectivity index is 2.27. The molecule has 0 saturated heterocycles. The van der Waals surface area contributed by atoms with Gasteiger partial charge < -0.3 is 24.8 Å². The fourth-order valence-corrected chi connectivity index (χ4v) is 3.02. The summed E-state index contributed by atoms with van der Waals surface area (Å²) in [7, 11) is 3.79. The third-order valence-corrected chi connectivity index (χ3v) is 3.86. The van der Waals surface area contributed by atoms with Gasteiger partial charge in [0.1, 0.15) is 0 Å². The van der Waals surface area contributed by atoms with E-state index in [9.17, 15) is 0 Å². The zero-order valence-electron chi connectivity index (χ0n) is 11.7. The molecule has 5 nitrogen and oxygen atoms in total. The molecule has 0 spiro atoms. The number of benzene rings is 1. The van der Waals surface area contributed by atoms with Crippen LogP contribution in [0.1, 0.15) is 29.7 Å². The van der Waals surface area contributed by atoms with Crippen molar-refractivity contribution in [3.05, 3.63) is 16.7 Å². The summed E-state index contributed by atoms with van der Waals surface area (Å²) in [5.74, 6) is 2.29. The Bertz CT molecular complexity index is 514. The summed E-state index contributed by atoms with van der Waals surface area (Å²) in [5, 5.41) is 0. The largest absolute Gasteiger partial charge is 0.492 e. The number of rotatable bonds is 2. The maximum Gasteiger partial charge on any atom is 0.231 e. The lowest BCUT2D eigenvalue weighted by atomic mass is 9.89. The molecule has 1 aromatic rings. The zero-order chi connectivity index (χ0) is 13.6. The standard InChI is InChI=1S/C14H20N2O3/c1-8(15)11-9-4-5-16(2)6-10(9)12(17-3)14-13(11)18-7-19-14/h8H,4-7,15H2,1-3H3. The number of hydrogen-bond donors (Lipinski definition) is 1. The average Bonchev–Trinajstić information content (AvgIpc) is 2.83. The molecule has 5 heteroatoms. The van der Waals surface area contributed by atoms with Crippen LogP contribution in [0.15, 0.2) is 0 Å². The fraction of sp³-hybridized carbons (Fsp3) is 0.571. The maximum atomic E-state index is 6.15. The molecule has 2 heterocycles. The van der Waals surface area contributed by atoms with E-state index < -0.39 is 0 Å². The molecule has 1 atom stereocenters. The number of ether oxygens (including phenoxy) is 3. The number of nitrogens with zero attached hydrogens (tertiary/aromatic N) is 1. The third-order valence-electron chi connectivity index (χ3n) is 3.86. The van der Waals surface area contributed by atoms with Gasteiger partial charge in [-0.05, 0) is 26.0 Å². The summed E-state index contributed by atoms with van der Waals surface area (Å²) in [6, 6.07) is -0.0708. The van der Waals surface area contributed by atoms with Gasteiger partial charge in [0.05, 0.1) is 7.11 Å². The Morgan fingerprint density at radius 3 is 2.68 bits per heavy atom. The number of methoxy groups -OCH3 is 1. The second kappa shape index (κ2) is 4.58. The molecule has 0 saturated carbocycles. The summed E-state index contributed by atoms with van der Waals surface area (Å²) in [4.78, 5) is 2.28.